The summed E-state index contributed by atoms with van der Waals surface area (Å²) < 4.78 is 4.00. The van der Waals surface area contributed by atoms with Gasteiger partial charge in [0.15, 0.2) is 0 Å². The largest absolute Gasteiger partial charge is 0.339 e. The molecule has 1 amide bonds. The lowest BCUT2D eigenvalue weighted by Gasteiger charge is -2.18. The number of aryl methyl sites for hydroxylation is 3. The van der Waals surface area contributed by atoms with E-state index in [1.54, 1.807) is 17.4 Å². The molecule has 23 heavy (non-hydrogen) atoms. The third kappa shape index (κ3) is 2.63. The predicted molar refractivity (Wildman–Crippen MR) is 91.6 cm³/mol. The van der Waals surface area contributed by atoms with Gasteiger partial charge >= 0.3 is 0 Å². The number of carbonyl (C=O) groups excluding carboxylic acids is 1. The molecule has 0 unspecified atom stereocenters. The Labute approximate surface area is 136 Å². The van der Waals surface area contributed by atoms with Crippen molar-refractivity contribution in [2.24, 2.45) is 7.05 Å². The third-order valence-corrected chi connectivity index (χ3v) is 4.47. The standard InChI is InChI=1S/C18H22N4O/c1-13-6-5-7-15-14(2)17(21(4)16(13)15)18(23)20(3)10-11-22-9-8-19-12-22/h5-9,12H,10-11H2,1-4H3. The Hall–Kier alpha value is -2.56. The van der Waals surface area contributed by atoms with Crippen molar-refractivity contribution in [2.75, 3.05) is 13.6 Å². The van der Waals surface area contributed by atoms with E-state index in [0.717, 1.165) is 28.7 Å². The molecule has 0 aliphatic carbocycles. The molecule has 3 aromatic rings. The maximum atomic E-state index is 12.9. The van der Waals surface area contributed by atoms with Gasteiger partial charge in [-0.3, -0.25) is 4.79 Å². The Balaban J connectivity index is 1.90. The molecule has 0 saturated heterocycles. The fourth-order valence-corrected chi connectivity index (χ4v) is 3.17. The number of hydrogen-bond donors (Lipinski definition) is 0. The first kappa shape index (κ1) is 15.3. The number of aromatic nitrogens is 3. The Kier molecular flexibility index (Phi) is 3.94. The van der Waals surface area contributed by atoms with Gasteiger partial charge in [-0.15, -0.1) is 0 Å². The zero-order valence-electron chi connectivity index (χ0n) is 14.1. The van der Waals surface area contributed by atoms with Crippen molar-refractivity contribution in [1.82, 2.24) is 19.0 Å². The van der Waals surface area contributed by atoms with Gasteiger partial charge in [0.2, 0.25) is 0 Å². The minimum Gasteiger partial charge on any atom is -0.339 e. The van der Waals surface area contributed by atoms with Crippen LogP contribution in [0.1, 0.15) is 21.6 Å². The normalized spacial score (nSPS) is 11.1. The third-order valence-electron chi connectivity index (χ3n) is 4.47. The second kappa shape index (κ2) is 5.91. The quantitative estimate of drug-likeness (QED) is 0.743. The number of likely N-dealkylation sites (N-methyl/N-ethyl adjacent to an activating group) is 1. The Bertz CT molecular complexity index is 846. The van der Waals surface area contributed by atoms with Crippen LogP contribution in [0.15, 0.2) is 36.9 Å². The molecule has 2 aromatic heterocycles. The number of imidazole rings is 1. The number of rotatable bonds is 4. The van der Waals surface area contributed by atoms with Crippen molar-refractivity contribution in [3.8, 4) is 0 Å². The molecule has 0 radical (unpaired) electrons. The molecule has 0 fully saturated rings. The topological polar surface area (TPSA) is 43.1 Å². The number of fused-ring (bicyclic) bond motifs is 1. The second-order valence-corrected chi connectivity index (χ2v) is 6.03. The number of amides is 1. The van der Waals surface area contributed by atoms with E-state index in [-0.39, 0.29) is 5.91 Å². The van der Waals surface area contributed by atoms with Crippen molar-refractivity contribution in [3.05, 3.63) is 53.7 Å². The summed E-state index contributed by atoms with van der Waals surface area (Å²) in [4.78, 5) is 18.7. The van der Waals surface area contributed by atoms with Gasteiger partial charge in [0.05, 0.1) is 11.8 Å². The molecular formula is C18H22N4O. The molecule has 120 valence electrons. The van der Waals surface area contributed by atoms with Gasteiger partial charge in [-0.1, -0.05) is 18.2 Å². The average molecular weight is 310 g/mol. The van der Waals surface area contributed by atoms with Crippen molar-refractivity contribution in [2.45, 2.75) is 20.4 Å². The lowest BCUT2D eigenvalue weighted by molar-refractivity contribution is 0.0780. The van der Waals surface area contributed by atoms with E-state index < -0.39 is 0 Å². The van der Waals surface area contributed by atoms with Crippen molar-refractivity contribution in [1.29, 1.82) is 0 Å². The Morgan fingerprint density at radius 2 is 2.09 bits per heavy atom. The van der Waals surface area contributed by atoms with Crippen LogP contribution in [0.4, 0.5) is 0 Å². The van der Waals surface area contributed by atoms with Crippen LogP contribution in [0, 0.1) is 13.8 Å². The number of carbonyl (C=O) groups is 1. The van der Waals surface area contributed by atoms with Crippen molar-refractivity contribution in [3.63, 3.8) is 0 Å². The van der Waals surface area contributed by atoms with Crippen molar-refractivity contribution < 1.29 is 4.79 Å². The lowest BCUT2D eigenvalue weighted by atomic mass is 10.1. The van der Waals surface area contributed by atoms with Crippen LogP contribution in [-0.2, 0) is 13.6 Å². The van der Waals surface area contributed by atoms with E-state index >= 15 is 0 Å². The molecule has 2 heterocycles. The van der Waals surface area contributed by atoms with E-state index in [4.69, 9.17) is 0 Å². The monoisotopic (exact) mass is 310 g/mol. The van der Waals surface area contributed by atoms with E-state index in [1.807, 2.05) is 42.4 Å². The Morgan fingerprint density at radius 1 is 1.30 bits per heavy atom. The minimum absolute atomic E-state index is 0.0562. The first-order valence-electron chi connectivity index (χ1n) is 7.76. The summed E-state index contributed by atoms with van der Waals surface area (Å²) in [6.07, 6.45) is 5.42. The van der Waals surface area contributed by atoms with Crippen LogP contribution < -0.4 is 0 Å². The zero-order valence-corrected chi connectivity index (χ0v) is 14.1. The average Bonchev–Trinajstić information content (AvgIpc) is 3.13. The number of benzene rings is 1. The molecule has 0 N–H and O–H groups in total. The molecule has 5 nitrogen and oxygen atoms in total. The highest BCUT2D eigenvalue weighted by Crippen LogP contribution is 2.27. The highest BCUT2D eigenvalue weighted by molar-refractivity contribution is 6.02. The van der Waals surface area contributed by atoms with Gasteiger partial charge in [-0.05, 0) is 25.0 Å². The summed E-state index contributed by atoms with van der Waals surface area (Å²) in [6, 6.07) is 6.21. The summed E-state index contributed by atoms with van der Waals surface area (Å²) in [5.41, 5.74) is 4.14. The first-order chi connectivity index (χ1) is 11.0. The predicted octanol–water partition coefficient (Wildman–Crippen LogP) is 2.76. The van der Waals surface area contributed by atoms with Crippen LogP contribution >= 0.6 is 0 Å². The van der Waals surface area contributed by atoms with Crippen LogP contribution in [0.3, 0.4) is 0 Å². The highest BCUT2D eigenvalue weighted by atomic mass is 16.2. The summed E-state index contributed by atoms with van der Waals surface area (Å²) in [5, 5.41) is 1.15. The van der Waals surface area contributed by atoms with E-state index in [9.17, 15) is 4.79 Å². The van der Waals surface area contributed by atoms with Crippen LogP contribution in [0.5, 0.6) is 0 Å². The highest BCUT2D eigenvalue weighted by Gasteiger charge is 2.21. The molecule has 0 spiro atoms. The number of hydrogen-bond acceptors (Lipinski definition) is 2. The molecule has 0 bridgehead atoms. The molecule has 0 saturated carbocycles. The molecule has 0 atom stereocenters. The fourth-order valence-electron chi connectivity index (χ4n) is 3.17. The van der Waals surface area contributed by atoms with Crippen LogP contribution in [0.2, 0.25) is 0 Å². The maximum absolute atomic E-state index is 12.9. The SMILES string of the molecule is Cc1c(C(=O)N(C)CCn2ccnc2)n(C)c2c(C)cccc12. The number of nitrogens with zero attached hydrogens (tertiary/aromatic N) is 4. The van der Waals surface area contributed by atoms with Crippen LogP contribution in [-0.4, -0.2) is 38.5 Å². The Morgan fingerprint density at radius 3 is 2.74 bits per heavy atom. The first-order valence-corrected chi connectivity index (χ1v) is 7.76. The minimum atomic E-state index is 0.0562. The van der Waals surface area contributed by atoms with Gasteiger partial charge < -0.3 is 14.0 Å². The molecule has 0 aliphatic heterocycles. The van der Waals surface area contributed by atoms with E-state index in [2.05, 4.69) is 24.0 Å². The van der Waals surface area contributed by atoms with E-state index in [1.165, 1.54) is 5.56 Å². The summed E-state index contributed by atoms with van der Waals surface area (Å²) >= 11 is 0. The van der Waals surface area contributed by atoms with Gasteiger partial charge in [-0.2, -0.15) is 0 Å². The van der Waals surface area contributed by atoms with Gasteiger partial charge in [-0.25, -0.2) is 4.98 Å². The summed E-state index contributed by atoms with van der Waals surface area (Å²) in [6.45, 7) is 5.50. The molecule has 1 aromatic carbocycles. The smallest absolute Gasteiger partial charge is 0.270 e. The van der Waals surface area contributed by atoms with Crippen LogP contribution in [0.25, 0.3) is 10.9 Å². The zero-order chi connectivity index (χ0) is 16.6. The lowest BCUT2D eigenvalue weighted by Crippen LogP contribution is -2.31. The van der Waals surface area contributed by atoms with Gasteiger partial charge in [0, 0.05) is 45.0 Å². The fraction of sp³-hybridized carbons (Fsp3) is 0.333. The molecule has 0 aliphatic rings. The maximum Gasteiger partial charge on any atom is 0.270 e. The summed E-state index contributed by atoms with van der Waals surface area (Å²) in [7, 11) is 3.82. The van der Waals surface area contributed by atoms with Gasteiger partial charge in [0.1, 0.15) is 5.69 Å². The van der Waals surface area contributed by atoms with Gasteiger partial charge in [0.25, 0.3) is 5.91 Å². The second-order valence-electron chi connectivity index (χ2n) is 6.03. The molecule has 3 rings (SSSR count). The van der Waals surface area contributed by atoms with Crippen molar-refractivity contribution >= 4 is 16.8 Å². The van der Waals surface area contributed by atoms with E-state index in [0.29, 0.717) is 6.54 Å². The summed E-state index contributed by atoms with van der Waals surface area (Å²) in [5.74, 6) is 0.0562. The molecule has 5 heteroatoms. The number of para-hydroxylation sites is 1. The molecular weight excluding hydrogens is 288 g/mol.